The van der Waals surface area contributed by atoms with Crippen LogP contribution in [-0.4, -0.2) is 40.1 Å². The molecule has 1 aliphatic carbocycles. The minimum absolute atomic E-state index is 0.0265. The second-order valence-corrected chi connectivity index (χ2v) is 7.00. The topological polar surface area (TPSA) is 47.4 Å². The summed E-state index contributed by atoms with van der Waals surface area (Å²) in [6.07, 6.45) is 5.52. The van der Waals surface area contributed by atoms with Crippen molar-refractivity contribution in [2.45, 2.75) is 51.6 Å². The van der Waals surface area contributed by atoms with Gasteiger partial charge in [-0.15, -0.1) is 0 Å². The zero-order valence-electron chi connectivity index (χ0n) is 14.6. The lowest BCUT2D eigenvalue weighted by molar-refractivity contribution is -0.133. The monoisotopic (exact) mass is 345 g/mol. The van der Waals surface area contributed by atoms with Gasteiger partial charge >= 0.3 is 0 Å². The maximum atomic E-state index is 14.9. The first-order valence-electron chi connectivity index (χ1n) is 9.21. The molecule has 5 nitrogen and oxygen atoms in total. The molecule has 1 amide bonds. The van der Waals surface area contributed by atoms with Crippen LogP contribution < -0.4 is 0 Å². The average molecular weight is 345 g/mol. The molecule has 2 aromatic rings. The quantitative estimate of drug-likeness (QED) is 0.755. The van der Waals surface area contributed by atoms with Crippen LogP contribution >= 0.6 is 0 Å². The van der Waals surface area contributed by atoms with Crippen LogP contribution in [0.5, 0.6) is 0 Å². The molecule has 0 bridgehead atoms. The highest BCUT2D eigenvalue weighted by atomic mass is 19.1. The second-order valence-electron chi connectivity index (χ2n) is 7.00. The summed E-state index contributed by atoms with van der Waals surface area (Å²) in [5.74, 6) is 0.359. The molecule has 134 valence electrons. The molecule has 0 aromatic carbocycles. The van der Waals surface area contributed by atoms with Crippen LogP contribution in [0.15, 0.2) is 12.3 Å². The summed E-state index contributed by atoms with van der Waals surface area (Å²) in [5.41, 5.74) is 2.41. The maximum absolute atomic E-state index is 14.9. The van der Waals surface area contributed by atoms with Crippen molar-refractivity contribution >= 4 is 16.9 Å². The van der Waals surface area contributed by atoms with E-state index in [1.54, 1.807) is 4.90 Å². The van der Waals surface area contributed by atoms with Crippen molar-refractivity contribution in [3.05, 3.63) is 29.3 Å². The Balaban J connectivity index is 1.52. The number of hydrogen-bond acceptors (Lipinski definition) is 3. The Kier molecular flexibility index (Phi) is 4.46. The Morgan fingerprint density at radius 2 is 2.20 bits per heavy atom. The molecular formula is C19H24FN3O2. The lowest BCUT2D eigenvalue weighted by Gasteiger charge is -2.28. The summed E-state index contributed by atoms with van der Waals surface area (Å²) in [7, 11) is 0. The van der Waals surface area contributed by atoms with Gasteiger partial charge in [0.25, 0.3) is 0 Å². The van der Waals surface area contributed by atoms with Crippen LogP contribution in [0.25, 0.3) is 11.0 Å². The number of hydrogen-bond donors (Lipinski definition) is 0. The number of fused-ring (bicyclic) bond motifs is 3. The maximum Gasteiger partial charge on any atom is 0.225 e. The standard InChI is InChI=1S/C19H24FN3O2/c1-2-8-25-9-5-17(24)22-6-7-23-16(12-22)18(20)15-10-14(13-3-4-13)11-21-19(15)23/h10-11,13H,2-9,12H2,1H3. The van der Waals surface area contributed by atoms with Gasteiger partial charge in [-0.3, -0.25) is 4.79 Å². The molecule has 2 aromatic heterocycles. The van der Waals surface area contributed by atoms with Crippen molar-refractivity contribution in [3.8, 4) is 0 Å². The van der Waals surface area contributed by atoms with Crippen molar-refractivity contribution < 1.29 is 13.9 Å². The first-order chi connectivity index (χ1) is 12.2. The first kappa shape index (κ1) is 16.5. The molecule has 0 unspecified atom stereocenters. The largest absolute Gasteiger partial charge is 0.381 e. The van der Waals surface area contributed by atoms with Crippen LogP contribution in [0.2, 0.25) is 0 Å². The fourth-order valence-electron chi connectivity index (χ4n) is 3.55. The van der Waals surface area contributed by atoms with Gasteiger partial charge in [-0.25, -0.2) is 9.37 Å². The molecule has 6 heteroatoms. The Morgan fingerprint density at radius 1 is 1.36 bits per heavy atom. The van der Waals surface area contributed by atoms with E-state index < -0.39 is 0 Å². The number of rotatable bonds is 6. The van der Waals surface area contributed by atoms with Crippen molar-refractivity contribution in [1.29, 1.82) is 0 Å². The number of nitrogens with zero attached hydrogens (tertiary/aromatic N) is 3. The van der Waals surface area contributed by atoms with E-state index in [-0.39, 0.29) is 11.7 Å². The minimum atomic E-state index is -0.218. The van der Waals surface area contributed by atoms with Gasteiger partial charge in [-0.1, -0.05) is 6.92 Å². The van der Waals surface area contributed by atoms with Crippen molar-refractivity contribution in [1.82, 2.24) is 14.5 Å². The molecule has 1 fully saturated rings. The Bertz CT molecular complexity index is 798. The molecule has 1 aliphatic heterocycles. The van der Waals surface area contributed by atoms with E-state index in [0.29, 0.717) is 61.9 Å². The molecule has 0 radical (unpaired) electrons. The molecule has 0 spiro atoms. The summed E-state index contributed by atoms with van der Waals surface area (Å²) in [5, 5.41) is 0.597. The van der Waals surface area contributed by atoms with Gasteiger partial charge in [0.2, 0.25) is 5.91 Å². The molecule has 2 aliphatic rings. The van der Waals surface area contributed by atoms with Crippen LogP contribution in [0.3, 0.4) is 0 Å². The number of halogens is 1. The van der Waals surface area contributed by atoms with Crippen LogP contribution in [0.1, 0.15) is 49.8 Å². The molecular weight excluding hydrogens is 321 g/mol. The van der Waals surface area contributed by atoms with Crippen LogP contribution in [0, 0.1) is 5.82 Å². The van der Waals surface area contributed by atoms with Crippen molar-refractivity contribution in [2.24, 2.45) is 0 Å². The molecule has 0 N–H and O–H groups in total. The number of aromatic nitrogens is 2. The summed E-state index contributed by atoms with van der Waals surface area (Å²) >= 11 is 0. The number of amides is 1. The van der Waals surface area contributed by atoms with E-state index in [0.717, 1.165) is 12.0 Å². The molecule has 25 heavy (non-hydrogen) atoms. The highest BCUT2D eigenvalue weighted by Gasteiger charge is 2.29. The van der Waals surface area contributed by atoms with Crippen molar-refractivity contribution in [3.63, 3.8) is 0 Å². The zero-order valence-corrected chi connectivity index (χ0v) is 14.6. The first-order valence-corrected chi connectivity index (χ1v) is 9.21. The van der Waals surface area contributed by atoms with E-state index in [4.69, 9.17) is 4.74 Å². The third kappa shape index (κ3) is 3.15. The van der Waals surface area contributed by atoms with E-state index >= 15 is 0 Å². The van der Waals surface area contributed by atoms with E-state index in [1.807, 2.05) is 23.8 Å². The number of ether oxygens (including phenoxy) is 1. The number of carbonyl (C=O) groups excluding carboxylic acids is 1. The molecule has 1 saturated carbocycles. The van der Waals surface area contributed by atoms with E-state index in [2.05, 4.69) is 4.98 Å². The van der Waals surface area contributed by atoms with Crippen LogP contribution in [-0.2, 0) is 22.6 Å². The second kappa shape index (κ2) is 6.75. The van der Waals surface area contributed by atoms with Gasteiger partial charge in [-0.05, 0) is 36.8 Å². The highest BCUT2D eigenvalue weighted by Crippen LogP contribution is 2.41. The zero-order chi connectivity index (χ0) is 17.4. The van der Waals surface area contributed by atoms with E-state index in [9.17, 15) is 9.18 Å². The predicted octanol–water partition coefficient (Wildman–Crippen LogP) is 3.21. The minimum Gasteiger partial charge on any atom is -0.381 e. The SMILES string of the molecule is CCCOCCC(=O)N1CCn2c(c(F)c3cc(C4CC4)cnc32)C1. The average Bonchev–Trinajstić information content (AvgIpc) is 3.45. The lowest BCUT2D eigenvalue weighted by Crippen LogP contribution is -2.38. The van der Waals surface area contributed by atoms with Crippen LogP contribution in [0.4, 0.5) is 4.39 Å². The number of carbonyl (C=O) groups is 1. The Hall–Kier alpha value is -1.95. The molecule has 0 saturated heterocycles. The summed E-state index contributed by atoms with van der Waals surface area (Å²) < 4.78 is 22.3. The molecule has 3 heterocycles. The Labute approximate surface area is 146 Å². The smallest absolute Gasteiger partial charge is 0.225 e. The molecule has 0 atom stereocenters. The van der Waals surface area contributed by atoms with Gasteiger partial charge in [0.1, 0.15) is 5.65 Å². The van der Waals surface area contributed by atoms with Gasteiger partial charge in [0.15, 0.2) is 5.82 Å². The third-order valence-electron chi connectivity index (χ3n) is 5.10. The van der Waals surface area contributed by atoms with Gasteiger partial charge in [0, 0.05) is 25.9 Å². The van der Waals surface area contributed by atoms with Gasteiger partial charge < -0.3 is 14.2 Å². The fraction of sp³-hybridized carbons (Fsp3) is 0.579. The summed E-state index contributed by atoms with van der Waals surface area (Å²) in [6, 6.07) is 1.95. The normalized spacial score (nSPS) is 17.1. The van der Waals surface area contributed by atoms with Gasteiger partial charge in [-0.2, -0.15) is 0 Å². The summed E-state index contributed by atoms with van der Waals surface area (Å²) in [4.78, 5) is 18.6. The number of pyridine rings is 1. The summed E-state index contributed by atoms with van der Waals surface area (Å²) in [6.45, 7) is 4.64. The van der Waals surface area contributed by atoms with E-state index in [1.165, 1.54) is 12.8 Å². The van der Waals surface area contributed by atoms with Crippen molar-refractivity contribution in [2.75, 3.05) is 19.8 Å². The third-order valence-corrected chi connectivity index (χ3v) is 5.10. The van der Waals surface area contributed by atoms with Gasteiger partial charge in [0.05, 0.1) is 30.7 Å². The highest BCUT2D eigenvalue weighted by molar-refractivity contribution is 5.81. The lowest BCUT2D eigenvalue weighted by atomic mass is 10.1. The molecule has 4 rings (SSSR count). The Morgan fingerprint density at radius 3 is 2.96 bits per heavy atom. The fourth-order valence-corrected chi connectivity index (χ4v) is 3.55. The predicted molar refractivity (Wildman–Crippen MR) is 92.8 cm³/mol.